The first-order valence-electron chi connectivity index (χ1n) is 7.95. The third-order valence-electron chi connectivity index (χ3n) is 3.76. The Hall–Kier alpha value is -2.63. The molecule has 25 heavy (non-hydrogen) atoms. The van der Waals surface area contributed by atoms with Crippen LogP contribution in [0.2, 0.25) is 5.02 Å². The highest BCUT2D eigenvalue weighted by Crippen LogP contribution is 2.20. The molecule has 5 nitrogen and oxygen atoms in total. The molecule has 1 unspecified atom stereocenters. The van der Waals surface area contributed by atoms with Gasteiger partial charge < -0.3 is 15.7 Å². The van der Waals surface area contributed by atoms with Gasteiger partial charge in [-0.2, -0.15) is 4.98 Å². The van der Waals surface area contributed by atoms with Gasteiger partial charge in [-0.3, -0.25) is 0 Å². The van der Waals surface area contributed by atoms with Gasteiger partial charge in [0.15, 0.2) is 0 Å². The number of aryl methyl sites for hydroxylation is 1. The molecule has 0 radical (unpaired) electrons. The van der Waals surface area contributed by atoms with Crippen molar-refractivity contribution in [3.8, 4) is 0 Å². The van der Waals surface area contributed by atoms with Crippen molar-refractivity contribution in [1.29, 1.82) is 0 Å². The number of benzene rings is 2. The largest absolute Gasteiger partial charge is 0.387 e. The average molecular weight is 355 g/mol. The number of hydrogen-bond donors (Lipinski definition) is 3. The van der Waals surface area contributed by atoms with Crippen molar-refractivity contribution in [2.75, 3.05) is 17.2 Å². The zero-order valence-electron chi connectivity index (χ0n) is 13.8. The van der Waals surface area contributed by atoms with E-state index in [0.717, 1.165) is 16.8 Å². The van der Waals surface area contributed by atoms with Gasteiger partial charge in [0.1, 0.15) is 5.82 Å². The van der Waals surface area contributed by atoms with Gasteiger partial charge >= 0.3 is 0 Å². The second-order valence-electron chi connectivity index (χ2n) is 5.65. The van der Waals surface area contributed by atoms with E-state index < -0.39 is 6.10 Å². The van der Waals surface area contributed by atoms with E-state index in [2.05, 4.69) is 20.6 Å². The highest BCUT2D eigenvalue weighted by Gasteiger charge is 2.10. The lowest BCUT2D eigenvalue weighted by atomic mass is 10.0. The number of nitrogens with zero attached hydrogens (tertiary/aromatic N) is 2. The smallest absolute Gasteiger partial charge is 0.229 e. The van der Waals surface area contributed by atoms with E-state index in [4.69, 9.17) is 11.6 Å². The van der Waals surface area contributed by atoms with Crippen LogP contribution in [0.4, 0.5) is 17.5 Å². The number of nitrogens with one attached hydrogen (secondary N) is 2. The lowest BCUT2D eigenvalue weighted by Crippen LogP contribution is -2.14. The van der Waals surface area contributed by atoms with Crippen LogP contribution in [-0.2, 0) is 0 Å². The fourth-order valence-electron chi connectivity index (χ4n) is 2.48. The Labute approximate surface area is 151 Å². The van der Waals surface area contributed by atoms with Gasteiger partial charge in [-0.1, -0.05) is 41.9 Å². The maximum Gasteiger partial charge on any atom is 0.229 e. The van der Waals surface area contributed by atoms with Crippen LogP contribution < -0.4 is 10.6 Å². The van der Waals surface area contributed by atoms with Gasteiger partial charge in [0, 0.05) is 23.5 Å². The van der Waals surface area contributed by atoms with Crippen molar-refractivity contribution in [2.24, 2.45) is 0 Å². The predicted octanol–water partition coefficient (Wildman–Crippen LogP) is 4.33. The molecular weight excluding hydrogens is 336 g/mol. The molecule has 1 atom stereocenters. The summed E-state index contributed by atoms with van der Waals surface area (Å²) in [4.78, 5) is 8.59. The third-order valence-corrected chi connectivity index (χ3v) is 4.00. The first-order valence-corrected chi connectivity index (χ1v) is 8.33. The molecule has 1 aromatic heterocycles. The van der Waals surface area contributed by atoms with Crippen LogP contribution in [-0.4, -0.2) is 21.6 Å². The fourth-order valence-corrected chi connectivity index (χ4v) is 2.67. The summed E-state index contributed by atoms with van der Waals surface area (Å²) >= 11 is 5.98. The molecular formula is C19H19ClN4O. The van der Waals surface area contributed by atoms with Crippen LogP contribution >= 0.6 is 11.6 Å². The van der Waals surface area contributed by atoms with E-state index in [1.165, 1.54) is 0 Å². The van der Waals surface area contributed by atoms with Crippen molar-refractivity contribution in [1.82, 2.24) is 9.97 Å². The van der Waals surface area contributed by atoms with E-state index in [0.29, 0.717) is 23.3 Å². The zero-order valence-corrected chi connectivity index (χ0v) is 14.5. The molecule has 0 saturated carbocycles. The number of aliphatic hydroxyl groups excluding tert-OH is 1. The molecule has 0 aliphatic heterocycles. The lowest BCUT2D eigenvalue weighted by Gasteiger charge is -2.15. The minimum atomic E-state index is -0.611. The number of rotatable bonds is 6. The number of hydrogen-bond acceptors (Lipinski definition) is 5. The number of aliphatic hydroxyl groups is 1. The van der Waals surface area contributed by atoms with E-state index in [1.807, 2.05) is 43.3 Å². The van der Waals surface area contributed by atoms with Crippen molar-refractivity contribution < 1.29 is 5.11 Å². The molecule has 1 heterocycles. The van der Waals surface area contributed by atoms with E-state index in [-0.39, 0.29) is 0 Å². The van der Waals surface area contributed by atoms with Crippen LogP contribution in [0.15, 0.2) is 60.8 Å². The standard InChI is InChI=1S/C19H19ClN4O/c1-13-5-2-3-8-16(13)17(25)12-22-18-9-10-21-19(24-18)23-15-7-4-6-14(20)11-15/h2-11,17,25H,12H2,1H3,(H2,21,22,23,24). The molecule has 0 aliphatic carbocycles. The molecule has 6 heteroatoms. The van der Waals surface area contributed by atoms with Gasteiger partial charge in [-0.25, -0.2) is 4.98 Å². The SMILES string of the molecule is Cc1ccccc1C(O)CNc1ccnc(Nc2cccc(Cl)c2)n1. The van der Waals surface area contributed by atoms with Crippen LogP contribution in [0.3, 0.4) is 0 Å². The summed E-state index contributed by atoms with van der Waals surface area (Å²) in [5, 5.41) is 17.2. The van der Waals surface area contributed by atoms with Crippen molar-refractivity contribution in [3.63, 3.8) is 0 Å². The summed E-state index contributed by atoms with van der Waals surface area (Å²) in [5.41, 5.74) is 2.77. The fraction of sp³-hybridized carbons (Fsp3) is 0.158. The summed E-state index contributed by atoms with van der Waals surface area (Å²) in [6.45, 7) is 2.34. The Morgan fingerprint density at radius 3 is 2.76 bits per heavy atom. The summed E-state index contributed by atoms with van der Waals surface area (Å²) in [7, 11) is 0. The van der Waals surface area contributed by atoms with Crippen LogP contribution in [0, 0.1) is 6.92 Å². The molecule has 0 bridgehead atoms. The number of halogens is 1. The third kappa shape index (κ3) is 4.68. The van der Waals surface area contributed by atoms with E-state index in [9.17, 15) is 5.11 Å². The van der Waals surface area contributed by atoms with E-state index >= 15 is 0 Å². The molecule has 0 amide bonds. The second-order valence-corrected chi connectivity index (χ2v) is 6.09. The Morgan fingerprint density at radius 1 is 1.12 bits per heavy atom. The molecule has 0 saturated heterocycles. The Morgan fingerprint density at radius 2 is 1.96 bits per heavy atom. The monoisotopic (exact) mass is 354 g/mol. The molecule has 3 aromatic rings. The van der Waals surface area contributed by atoms with Crippen molar-refractivity contribution in [3.05, 3.63) is 76.9 Å². The number of anilines is 3. The quantitative estimate of drug-likeness (QED) is 0.614. The van der Waals surface area contributed by atoms with Gasteiger partial charge in [0.05, 0.1) is 6.10 Å². The van der Waals surface area contributed by atoms with Crippen LogP contribution in [0.1, 0.15) is 17.2 Å². The normalized spacial score (nSPS) is 11.8. The van der Waals surface area contributed by atoms with Gasteiger partial charge in [-0.05, 0) is 42.3 Å². The Kier molecular flexibility index (Phi) is 5.48. The molecule has 2 aromatic carbocycles. The summed E-state index contributed by atoms with van der Waals surface area (Å²) in [6.07, 6.45) is 1.04. The molecule has 128 valence electrons. The van der Waals surface area contributed by atoms with Crippen LogP contribution in [0.5, 0.6) is 0 Å². The molecule has 0 fully saturated rings. The zero-order chi connectivity index (χ0) is 17.6. The summed E-state index contributed by atoms with van der Waals surface area (Å²) in [6, 6.07) is 16.9. The van der Waals surface area contributed by atoms with Crippen LogP contribution in [0.25, 0.3) is 0 Å². The molecule has 3 N–H and O–H groups in total. The predicted molar refractivity (Wildman–Crippen MR) is 101 cm³/mol. The summed E-state index contributed by atoms with van der Waals surface area (Å²) < 4.78 is 0. The van der Waals surface area contributed by atoms with Gasteiger partial charge in [0.2, 0.25) is 5.95 Å². The Balaban J connectivity index is 1.65. The maximum atomic E-state index is 10.4. The summed E-state index contributed by atoms with van der Waals surface area (Å²) in [5.74, 6) is 1.09. The topological polar surface area (TPSA) is 70.1 Å². The lowest BCUT2D eigenvalue weighted by molar-refractivity contribution is 0.191. The highest BCUT2D eigenvalue weighted by molar-refractivity contribution is 6.30. The van der Waals surface area contributed by atoms with Crippen molar-refractivity contribution in [2.45, 2.75) is 13.0 Å². The number of aromatic nitrogens is 2. The maximum absolute atomic E-state index is 10.4. The molecule has 0 spiro atoms. The molecule has 0 aliphatic rings. The highest BCUT2D eigenvalue weighted by atomic mass is 35.5. The second kappa shape index (κ2) is 7.96. The van der Waals surface area contributed by atoms with E-state index in [1.54, 1.807) is 24.4 Å². The minimum absolute atomic E-state index is 0.360. The first-order chi connectivity index (χ1) is 12.1. The molecule has 3 rings (SSSR count). The van der Waals surface area contributed by atoms with Crippen molar-refractivity contribution >= 4 is 29.1 Å². The average Bonchev–Trinajstić information content (AvgIpc) is 2.60. The minimum Gasteiger partial charge on any atom is -0.387 e. The van der Waals surface area contributed by atoms with Gasteiger partial charge in [-0.15, -0.1) is 0 Å². The Bertz CT molecular complexity index is 856. The first kappa shape index (κ1) is 17.2. The van der Waals surface area contributed by atoms with Gasteiger partial charge in [0.25, 0.3) is 0 Å².